The normalized spacial score (nSPS) is 17.9. The van der Waals surface area contributed by atoms with Crippen molar-refractivity contribution >= 4 is 22.7 Å². The highest BCUT2D eigenvalue weighted by atomic mass is 16.2. The Kier molecular flexibility index (Phi) is 5.33. The molecular formula is C23H24N8O2. The van der Waals surface area contributed by atoms with Crippen LogP contribution in [0.5, 0.6) is 0 Å². The van der Waals surface area contributed by atoms with Gasteiger partial charge in [0.15, 0.2) is 0 Å². The molecule has 1 aromatic carbocycles. The van der Waals surface area contributed by atoms with Crippen molar-refractivity contribution in [3.63, 3.8) is 0 Å². The van der Waals surface area contributed by atoms with Crippen molar-refractivity contribution in [2.24, 2.45) is 7.05 Å². The van der Waals surface area contributed by atoms with Gasteiger partial charge in [0.05, 0.1) is 34.7 Å². The molecule has 1 aliphatic rings. The third-order valence-electron chi connectivity index (χ3n) is 5.98. The largest absolute Gasteiger partial charge is 0.367 e. The van der Waals surface area contributed by atoms with Crippen LogP contribution in [0, 0.1) is 6.92 Å². The van der Waals surface area contributed by atoms with Gasteiger partial charge < -0.3 is 10.6 Å². The van der Waals surface area contributed by atoms with E-state index in [9.17, 15) is 9.59 Å². The number of para-hydroxylation sites is 1. The predicted molar refractivity (Wildman–Crippen MR) is 126 cm³/mol. The number of rotatable bonds is 5. The van der Waals surface area contributed by atoms with E-state index in [0.29, 0.717) is 28.4 Å². The van der Waals surface area contributed by atoms with Crippen molar-refractivity contribution < 1.29 is 0 Å². The summed E-state index contributed by atoms with van der Waals surface area (Å²) < 4.78 is 2.63. The zero-order valence-corrected chi connectivity index (χ0v) is 18.4. The van der Waals surface area contributed by atoms with Gasteiger partial charge in [0, 0.05) is 19.1 Å². The number of aryl methyl sites for hydroxylation is 2. The van der Waals surface area contributed by atoms with E-state index in [0.717, 1.165) is 29.5 Å². The molecule has 0 unspecified atom stereocenters. The number of hydrogen-bond acceptors (Lipinski definition) is 8. The Labute approximate surface area is 189 Å². The van der Waals surface area contributed by atoms with Crippen LogP contribution in [0.4, 0.5) is 11.8 Å². The number of hydrogen-bond donors (Lipinski definition) is 2. The molecule has 168 valence electrons. The molecule has 3 heterocycles. The molecule has 5 rings (SSSR count). The second-order valence-corrected chi connectivity index (χ2v) is 8.32. The van der Waals surface area contributed by atoms with Crippen LogP contribution in [-0.4, -0.2) is 41.4 Å². The molecule has 1 aliphatic carbocycles. The summed E-state index contributed by atoms with van der Waals surface area (Å²) in [6.45, 7) is 1.85. The summed E-state index contributed by atoms with van der Waals surface area (Å²) in [5.41, 5.74) is 1.07. The highest BCUT2D eigenvalue weighted by Crippen LogP contribution is 2.24. The molecule has 1 fully saturated rings. The number of nitrogens with one attached hydrogen (secondary N) is 2. The molecule has 33 heavy (non-hydrogen) atoms. The minimum atomic E-state index is -0.404. The Balaban J connectivity index is 1.30. The lowest BCUT2D eigenvalue weighted by Gasteiger charge is -2.15. The molecular weight excluding hydrogens is 420 g/mol. The second kappa shape index (κ2) is 8.45. The maximum atomic E-state index is 13.0. The van der Waals surface area contributed by atoms with E-state index in [2.05, 4.69) is 30.8 Å². The van der Waals surface area contributed by atoms with Gasteiger partial charge in [0.25, 0.3) is 5.56 Å². The molecule has 3 aromatic heterocycles. The number of aromatic nitrogens is 6. The summed E-state index contributed by atoms with van der Waals surface area (Å²) in [4.78, 5) is 34.5. The Morgan fingerprint density at radius 1 is 0.939 bits per heavy atom. The fourth-order valence-corrected chi connectivity index (χ4v) is 4.27. The molecule has 0 aliphatic heterocycles. The van der Waals surface area contributed by atoms with Crippen LogP contribution in [0.3, 0.4) is 0 Å². The summed E-state index contributed by atoms with van der Waals surface area (Å²) in [5.74, 6) is 1.24. The lowest BCUT2D eigenvalue weighted by atomic mass is 10.2. The molecule has 10 heteroatoms. The van der Waals surface area contributed by atoms with Crippen LogP contribution < -0.4 is 21.9 Å². The van der Waals surface area contributed by atoms with Gasteiger partial charge in [-0.05, 0) is 50.5 Å². The van der Waals surface area contributed by atoms with Gasteiger partial charge in [-0.15, -0.1) is 5.10 Å². The van der Waals surface area contributed by atoms with Gasteiger partial charge >= 0.3 is 5.69 Å². The number of benzene rings is 1. The summed E-state index contributed by atoms with van der Waals surface area (Å²) in [7, 11) is 1.66. The number of anilines is 2. The van der Waals surface area contributed by atoms with Crippen LogP contribution in [0.1, 0.15) is 25.0 Å². The van der Waals surface area contributed by atoms with E-state index >= 15 is 0 Å². The van der Waals surface area contributed by atoms with Crippen LogP contribution >= 0.6 is 0 Å². The molecule has 0 spiro atoms. The summed E-state index contributed by atoms with van der Waals surface area (Å²) >= 11 is 0. The van der Waals surface area contributed by atoms with E-state index in [1.807, 2.05) is 6.92 Å². The molecule has 1 saturated carbocycles. The monoisotopic (exact) mass is 444 g/mol. The van der Waals surface area contributed by atoms with E-state index in [4.69, 9.17) is 0 Å². The summed E-state index contributed by atoms with van der Waals surface area (Å²) in [6.07, 6.45) is 6.10. The van der Waals surface area contributed by atoms with Crippen LogP contribution in [0.15, 0.2) is 58.4 Å². The maximum Gasteiger partial charge on any atom is 0.335 e. The summed E-state index contributed by atoms with van der Waals surface area (Å²) in [6, 6.07) is 11.1. The smallest absolute Gasteiger partial charge is 0.335 e. The van der Waals surface area contributed by atoms with Crippen molar-refractivity contribution in [3.05, 3.63) is 75.3 Å². The number of nitrogens with zero attached hydrogens (tertiary/aromatic N) is 6. The maximum absolute atomic E-state index is 13.0. The van der Waals surface area contributed by atoms with Gasteiger partial charge in [-0.2, -0.15) is 5.10 Å². The standard InChI is InChI=1S/C23H24N8O2/c1-14-12-25-22(29-28-14)27-16-8-7-15(11-16)26-20-10-9-17(13-24-20)31-21(32)18-5-3-4-6-19(18)30(2)23(31)33/h3-6,9-10,12-13,15-16H,7-8,11H2,1-2H3,(H,24,26)(H,25,27,29)/t15-,16-/m0/s1. The first-order chi connectivity index (χ1) is 16.0. The fourth-order valence-electron chi connectivity index (χ4n) is 4.27. The fraction of sp³-hybridized carbons (Fsp3) is 0.304. The first-order valence-corrected chi connectivity index (χ1v) is 10.9. The molecule has 2 N–H and O–H groups in total. The third kappa shape index (κ3) is 4.07. The molecule has 4 aromatic rings. The van der Waals surface area contributed by atoms with Crippen LogP contribution in [0.2, 0.25) is 0 Å². The Bertz CT molecular complexity index is 1410. The van der Waals surface area contributed by atoms with Crippen molar-refractivity contribution in [3.8, 4) is 5.69 Å². The molecule has 0 saturated heterocycles. The van der Waals surface area contributed by atoms with Crippen LogP contribution in [0.25, 0.3) is 16.6 Å². The lowest BCUT2D eigenvalue weighted by Crippen LogP contribution is -2.37. The van der Waals surface area contributed by atoms with Gasteiger partial charge in [-0.3, -0.25) is 9.36 Å². The second-order valence-electron chi connectivity index (χ2n) is 8.32. The quantitative estimate of drug-likeness (QED) is 0.480. The van der Waals surface area contributed by atoms with Gasteiger partial charge in [0.1, 0.15) is 5.82 Å². The minimum absolute atomic E-state index is 0.246. The van der Waals surface area contributed by atoms with Crippen LogP contribution in [-0.2, 0) is 7.05 Å². The Hall–Kier alpha value is -4.08. The molecule has 0 amide bonds. The van der Waals surface area contributed by atoms with E-state index in [1.165, 1.54) is 4.57 Å². The van der Waals surface area contributed by atoms with E-state index in [1.54, 1.807) is 55.8 Å². The topological polar surface area (TPSA) is 120 Å². The summed E-state index contributed by atoms with van der Waals surface area (Å²) in [5, 5.41) is 15.3. The van der Waals surface area contributed by atoms with E-state index in [-0.39, 0.29) is 17.6 Å². The zero-order valence-electron chi connectivity index (χ0n) is 18.4. The average Bonchev–Trinajstić information content (AvgIpc) is 3.27. The highest BCUT2D eigenvalue weighted by Gasteiger charge is 2.25. The van der Waals surface area contributed by atoms with Gasteiger partial charge in [-0.1, -0.05) is 12.1 Å². The Morgan fingerprint density at radius 3 is 2.45 bits per heavy atom. The van der Waals surface area contributed by atoms with Crippen molar-refractivity contribution in [2.45, 2.75) is 38.3 Å². The van der Waals surface area contributed by atoms with Crippen molar-refractivity contribution in [2.75, 3.05) is 10.6 Å². The molecule has 2 atom stereocenters. The molecule has 0 bridgehead atoms. The lowest BCUT2D eigenvalue weighted by molar-refractivity contribution is 0.712. The Morgan fingerprint density at radius 2 is 1.73 bits per heavy atom. The predicted octanol–water partition coefficient (Wildman–Crippen LogP) is 2.02. The van der Waals surface area contributed by atoms with Gasteiger partial charge in [0.2, 0.25) is 5.95 Å². The minimum Gasteiger partial charge on any atom is -0.367 e. The first kappa shape index (κ1) is 20.8. The molecule has 0 radical (unpaired) electrons. The number of fused-ring (bicyclic) bond motifs is 1. The number of pyridine rings is 1. The third-order valence-corrected chi connectivity index (χ3v) is 5.98. The highest BCUT2D eigenvalue weighted by molar-refractivity contribution is 5.78. The zero-order chi connectivity index (χ0) is 22.9. The molecule has 10 nitrogen and oxygen atoms in total. The van der Waals surface area contributed by atoms with Crippen molar-refractivity contribution in [1.29, 1.82) is 0 Å². The van der Waals surface area contributed by atoms with E-state index < -0.39 is 5.69 Å². The first-order valence-electron chi connectivity index (χ1n) is 10.9. The van der Waals surface area contributed by atoms with Gasteiger partial charge in [-0.25, -0.2) is 19.3 Å². The average molecular weight is 444 g/mol. The van der Waals surface area contributed by atoms with Crippen molar-refractivity contribution in [1.82, 2.24) is 29.3 Å². The SMILES string of the molecule is Cc1cnc(N[C@H]2CC[C@H](Nc3ccc(-n4c(=O)c5ccccc5n(C)c4=O)cn3)C2)nn1.